The summed E-state index contributed by atoms with van der Waals surface area (Å²) in [6, 6.07) is 4.41. The highest BCUT2D eigenvalue weighted by atomic mass is 16.5. The second kappa shape index (κ2) is 5.01. The summed E-state index contributed by atoms with van der Waals surface area (Å²) < 4.78 is 15.4. The first-order valence-electron chi connectivity index (χ1n) is 5.52. The number of benzene rings is 1. The number of hydrogen-bond donors (Lipinski definition) is 1. The van der Waals surface area contributed by atoms with Crippen LogP contribution in [0.3, 0.4) is 0 Å². The predicted molar refractivity (Wildman–Crippen MR) is 69.9 cm³/mol. The Bertz CT molecular complexity index is 689. The van der Waals surface area contributed by atoms with Crippen LogP contribution in [-0.4, -0.2) is 20.1 Å². The summed E-state index contributed by atoms with van der Waals surface area (Å²) in [5, 5.41) is 3.09. The van der Waals surface area contributed by atoms with Gasteiger partial charge in [-0.3, -0.25) is 4.79 Å². The highest BCUT2D eigenvalue weighted by Gasteiger charge is 2.14. The van der Waals surface area contributed by atoms with Gasteiger partial charge in [-0.2, -0.15) is 0 Å². The minimum Gasteiger partial charge on any atom is -0.496 e. The number of nitrogens with one attached hydrogen (secondary N) is 1. The molecule has 2 rings (SSSR count). The number of anilines is 1. The van der Waals surface area contributed by atoms with Gasteiger partial charge in [0, 0.05) is 25.1 Å². The number of hydrogen-bond acceptors (Lipinski definition) is 5. The van der Waals surface area contributed by atoms with E-state index in [4.69, 9.17) is 13.9 Å². The van der Waals surface area contributed by atoms with Gasteiger partial charge in [-0.1, -0.05) is 0 Å². The van der Waals surface area contributed by atoms with Crippen LogP contribution in [0.1, 0.15) is 6.92 Å². The molecule has 0 unspecified atom stereocenters. The minimum atomic E-state index is -0.563. The van der Waals surface area contributed by atoms with Crippen LogP contribution in [0.4, 0.5) is 5.69 Å². The summed E-state index contributed by atoms with van der Waals surface area (Å²) in [6.07, 6.45) is 0. The molecule has 6 nitrogen and oxygen atoms in total. The smallest absolute Gasteiger partial charge is 0.338 e. The zero-order valence-electron chi connectivity index (χ0n) is 10.8. The molecule has 19 heavy (non-hydrogen) atoms. The molecule has 1 N–H and O–H groups in total. The van der Waals surface area contributed by atoms with Crippen molar-refractivity contribution in [3.63, 3.8) is 0 Å². The van der Waals surface area contributed by atoms with Gasteiger partial charge in [0.05, 0.1) is 25.3 Å². The lowest BCUT2D eigenvalue weighted by molar-refractivity contribution is -0.114. The molecule has 0 aliphatic heterocycles. The molecule has 1 heterocycles. The fraction of sp³-hybridized carbons (Fsp3) is 0.231. The van der Waals surface area contributed by atoms with Crippen molar-refractivity contribution in [3.05, 3.63) is 28.6 Å². The molecule has 1 amide bonds. The van der Waals surface area contributed by atoms with Crippen LogP contribution in [0.15, 0.2) is 27.4 Å². The SMILES string of the molecule is COc1cc(OC)c2c(NC(C)=O)cc(=O)oc2c1. The number of ether oxygens (including phenoxy) is 2. The monoisotopic (exact) mass is 263 g/mol. The number of carbonyl (C=O) groups excluding carboxylic acids is 1. The van der Waals surface area contributed by atoms with E-state index < -0.39 is 5.63 Å². The Hall–Kier alpha value is -2.50. The molecular weight excluding hydrogens is 250 g/mol. The van der Waals surface area contributed by atoms with Crippen molar-refractivity contribution in [2.45, 2.75) is 6.92 Å². The minimum absolute atomic E-state index is 0.285. The Balaban J connectivity index is 2.81. The maximum absolute atomic E-state index is 11.5. The Morgan fingerprint density at radius 3 is 2.53 bits per heavy atom. The van der Waals surface area contributed by atoms with Crippen LogP contribution in [-0.2, 0) is 4.79 Å². The van der Waals surface area contributed by atoms with Gasteiger partial charge in [-0.05, 0) is 0 Å². The van der Waals surface area contributed by atoms with E-state index in [0.29, 0.717) is 22.6 Å². The zero-order valence-corrected chi connectivity index (χ0v) is 10.8. The Labute approximate surface area is 108 Å². The van der Waals surface area contributed by atoms with E-state index in [-0.39, 0.29) is 11.5 Å². The van der Waals surface area contributed by atoms with Crippen molar-refractivity contribution >= 4 is 22.6 Å². The molecule has 1 aromatic carbocycles. The summed E-state index contributed by atoms with van der Waals surface area (Å²) in [5.74, 6) is 0.652. The van der Waals surface area contributed by atoms with Crippen molar-refractivity contribution in [2.24, 2.45) is 0 Å². The molecular formula is C13H13NO5. The Morgan fingerprint density at radius 1 is 1.21 bits per heavy atom. The summed E-state index contributed by atoms with van der Waals surface area (Å²) in [6.45, 7) is 1.36. The predicted octanol–water partition coefficient (Wildman–Crippen LogP) is 1.77. The second-order valence-electron chi connectivity index (χ2n) is 3.86. The van der Waals surface area contributed by atoms with Crippen LogP contribution in [0.5, 0.6) is 11.5 Å². The molecule has 0 radical (unpaired) electrons. The van der Waals surface area contributed by atoms with Gasteiger partial charge in [-0.25, -0.2) is 4.79 Å². The van der Waals surface area contributed by atoms with Crippen LogP contribution in [0.2, 0.25) is 0 Å². The highest BCUT2D eigenvalue weighted by molar-refractivity contribution is 6.02. The van der Waals surface area contributed by atoms with Gasteiger partial charge in [0.2, 0.25) is 5.91 Å². The van der Waals surface area contributed by atoms with E-state index in [9.17, 15) is 9.59 Å². The summed E-state index contributed by atoms with van der Waals surface area (Å²) in [4.78, 5) is 22.7. The molecule has 100 valence electrons. The third-order valence-corrected chi connectivity index (χ3v) is 2.55. The third-order valence-electron chi connectivity index (χ3n) is 2.55. The van der Waals surface area contributed by atoms with E-state index in [1.54, 1.807) is 12.1 Å². The molecule has 0 atom stereocenters. The first-order valence-corrected chi connectivity index (χ1v) is 5.52. The van der Waals surface area contributed by atoms with E-state index in [2.05, 4.69) is 5.32 Å². The summed E-state index contributed by atoms with van der Waals surface area (Å²) in [5.41, 5.74) is 0.0669. The highest BCUT2D eigenvalue weighted by Crippen LogP contribution is 2.35. The summed E-state index contributed by atoms with van der Waals surface area (Å²) in [7, 11) is 2.98. The number of methoxy groups -OCH3 is 2. The van der Waals surface area contributed by atoms with E-state index >= 15 is 0 Å². The molecule has 0 aliphatic carbocycles. The molecule has 0 spiro atoms. The lowest BCUT2D eigenvalue weighted by atomic mass is 10.1. The van der Waals surface area contributed by atoms with E-state index in [1.807, 2.05) is 0 Å². The topological polar surface area (TPSA) is 77.8 Å². The number of carbonyl (C=O) groups is 1. The number of fused-ring (bicyclic) bond motifs is 1. The van der Waals surface area contributed by atoms with Crippen LogP contribution < -0.4 is 20.4 Å². The molecule has 0 aliphatic rings. The van der Waals surface area contributed by atoms with Crippen molar-refractivity contribution in [2.75, 3.05) is 19.5 Å². The van der Waals surface area contributed by atoms with Gasteiger partial charge < -0.3 is 19.2 Å². The van der Waals surface area contributed by atoms with Gasteiger partial charge in [0.25, 0.3) is 0 Å². The maximum atomic E-state index is 11.5. The van der Waals surface area contributed by atoms with Crippen LogP contribution in [0, 0.1) is 0 Å². The van der Waals surface area contributed by atoms with Crippen molar-refractivity contribution in [3.8, 4) is 11.5 Å². The van der Waals surface area contributed by atoms with Crippen LogP contribution >= 0.6 is 0 Å². The van der Waals surface area contributed by atoms with E-state index in [0.717, 1.165) is 0 Å². The van der Waals surface area contributed by atoms with Crippen LogP contribution in [0.25, 0.3) is 11.0 Å². The number of rotatable bonds is 3. The van der Waals surface area contributed by atoms with Crippen molar-refractivity contribution in [1.82, 2.24) is 0 Å². The Kier molecular flexibility index (Phi) is 3.41. The largest absolute Gasteiger partial charge is 0.496 e. The standard InChI is InChI=1S/C13H13NO5/c1-7(15)14-9-6-12(16)19-11-5-8(17-2)4-10(18-3)13(9)11/h4-6H,1-3H3,(H,14,15). The fourth-order valence-electron chi connectivity index (χ4n) is 1.81. The normalized spacial score (nSPS) is 10.3. The lowest BCUT2D eigenvalue weighted by Gasteiger charge is -2.11. The first-order chi connectivity index (χ1) is 9.05. The average molecular weight is 263 g/mol. The molecule has 0 saturated heterocycles. The molecule has 0 saturated carbocycles. The average Bonchev–Trinajstić information content (AvgIpc) is 2.35. The number of amides is 1. The maximum Gasteiger partial charge on any atom is 0.338 e. The zero-order chi connectivity index (χ0) is 14.0. The quantitative estimate of drug-likeness (QED) is 0.854. The van der Waals surface area contributed by atoms with E-state index in [1.165, 1.54) is 27.2 Å². The molecule has 1 aromatic heterocycles. The molecule has 0 bridgehead atoms. The van der Waals surface area contributed by atoms with Gasteiger partial charge >= 0.3 is 5.63 Å². The van der Waals surface area contributed by atoms with Crippen molar-refractivity contribution < 1.29 is 18.7 Å². The van der Waals surface area contributed by atoms with Gasteiger partial charge in [0.15, 0.2) is 0 Å². The molecule has 2 aromatic rings. The first kappa shape index (κ1) is 12.9. The lowest BCUT2D eigenvalue weighted by Crippen LogP contribution is -2.10. The van der Waals surface area contributed by atoms with Gasteiger partial charge in [-0.15, -0.1) is 0 Å². The molecule has 6 heteroatoms. The van der Waals surface area contributed by atoms with Gasteiger partial charge in [0.1, 0.15) is 17.1 Å². The fourth-order valence-corrected chi connectivity index (χ4v) is 1.81. The molecule has 0 fully saturated rings. The second-order valence-corrected chi connectivity index (χ2v) is 3.86. The Morgan fingerprint density at radius 2 is 1.95 bits per heavy atom. The van der Waals surface area contributed by atoms with Crippen molar-refractivity contribution in [1.29, 1.82) is 0 Å². The third kappa shape index (κ3) is 2.52. The summed E-state index contributed by atoms with van der Waals surface area (Å²) >= 11 is 0.